The Morgan fingerprint density at radius 1 is 0.935 bits per heavy atom. The van der Waals surface area contributed by atoms with E-state index >= 15 is 0 Å². The molecule has 0 spiro atoms. The molecule has 0 saturated heterocycles. The molecule has 3 aromatic rings. The van der Waals surface area contributed by atoms with Crippen LogP contribution in [0.25, 0.3) is 11.4 Å². The number of hydrogen-bond donors (Lipinski definition) is 2. The van der Waals surface area contributed by atoms with Crippen LogP contribution in [0.4, 0.5) is 32.0 Å². The van der Waals surface area contributed by atoms with Crippen LogP contribution in [0.2, 0.25) is 5.02 Å². The minimum absolute atomic E-state index is 0.0784. The molecule has 12 heteroatoms. The van der Waals surface area contributed by atoms with E-state index in [0.717, 1.165) is 6.20 Å². The van der Waals surface area contributed by atoms with Gasteiger partial charge < -0.3 is 10.3 Å². The number of anilines is 1. The number of aromatic amines is 1. The van der Waals surface area contributed by atoms with Crippen LogP contribution in [-0.2, 0) is 12.4 Å². The summed E-state index contributed by atoms with van der Waals surface area (Å²) in [5.74, 6) is -1.15. The monoisotopic (exact) mass is 461 g/mol. The van der Waals surface area contributed by atoms with Crippen molar-refractivity contribution in [2.45, 2.75) is 12.4 Å². The molecule has 0 aliphatic carbocycles. The Bertz CT molecular complexity index is 1150. The third-order valence-electron chi connectivity index (χ3n) is 4.01. The van der Waals surface area contributed by atoms with Gasteiger partial charge in [-0.25, -0.2) is 4.98 Å². The van der Waals surface area contributed by atoms with Gasteiger partial charge in [-0.05, 0) is 42.5 Å². The molecule has 2 N–H and O–H groups in total. The Labute approximate surface area is 174 Å². The normalized spacial score (nSPS) is 12.0. The first kappa shape index (κ1) is 22.3. The number of nitrogens with zero attached hydrogens (tertiary/aromatic N) is 1. The minimum Gasteiger partial charge on any atom is -0.322 e. The van der Waals surface area contributed by atoms with Gasteiger partial charge in [-0.15, -0.1) is 0 Å². The molecular formula is C19H10ClF6N3O2. The molecule has 3 rings (SSSR count). The van der Waals surface area contributed by atoms with Gasteiger partial charge in [0.25, 0.3) is 11.5 Å². The average Bonchev–Trinajstić information content (AvgIpc) is 2.66. The summed E-state index contributed by atoms with van der Waals surface area (Å²) in [6.45, 7) is 0. The lowest BCUT2D eigenvalue weighted by molar-refractivity contribution is -0.143. The fraction of sp³-hybridized carbons (Fsp3) is 0.105. The first-order valence-electron chi connectivity index (χ1n) is 8.31. The van der Waals surface area contributed by atoms with E-state index in [-0.39, 0.29) is 11.9 Å². The molecule has 0 fully saturated rings. The number of carbonyl (C=O) groups is 1. The highest BCUT2D eigenvalue weighted by atomic mass is 35.5. The van der Waals surface area contributed by atoms with Crippen molar-refractivity contribution in [3.8, 4) is 11.4 Å². The lowest BCUT2D eigenvalue weighted by atomic mass is 10.1. The molecule has 0 radical (unpaired) electrons. The van der Waals surface area contributed by atoms with E-state index in [2.05, 4.69) is 9.97 Å². The molecule has 0 bridgehead atoms. The third kappa shape index (κ3) is 5.23. The molecule has 1 amide bonds. The van der Waals surface area contributed by atoms with Gasteiger partial charge in [-0.2, -0.15) is 26.3 Å². The number of hydrogen-bond acceptors (Lipinski definition) is 3. The molecule has 5 nitrogen and oxygen atoms in total. The Hall–Kier alpha value is -3.34. The smallest absolute Gasteiger partial charge is 0.322 e. The fourth-order valence-electron chi connectivity index (χ4n) is 2.54. The summed E-state index contributed by atoms with van der Waals surface area (Å²) in [6.07, 6.45) is -9.31. The maximum absolute atomic E-state index is 12.9. The molecule has 2 aromatic carbocycles. The second kappa shape index (κ2) is 8.06. The van der Waals surface area contributed by atoms with Gasteiger partial charge in [0.05, 0.1) is 11.1 Å². The largest absolute Gasteiger partial charge is 0.416 e. The van der Waals surface area contributed by atoms with Crippen LogP contribution in [0.3, 0.4) is 0 Å². The van der Waals surface area contributed by atoms with E-state index in [1.807, 2.05) is 5.32 Å². The van der Waals surface area contributed by atoms with E-state index in [1.54, 1.807) is 12.1 Å². The molecule has 0 unspecified atom stereocenters. The molecule has 0 atom stereocenters. The number of H-pyrrole nitrogens is 1. The van der Waals surface area contributed by atoms with E-state index < -0.39 is 46.2 Å². The topological polar surface area (TPSA) is 74.8 Å². The van der Waals surface area contributed by atoms with Gasteiger partial charge in [0.1, 0.15) is 11.4 Å². The number of alkyl halides is 6. The number of amides is 1. The van der Waals surface area contributed by atoms with Crippen LogP contribution in [-0.4, -0.2) is 15.9 Å². The van der Waals surface area contributed by atoms with Crippen molar-refractivity contribution in [3.05, 3.63) is 80.7 Å². The van der Waals surface area contributed by atoms with Crippen molar-refractivity contribution < 1.29 is 31.1 Å². The molecule has 31 heavy (non-hydrogen) atoms. The number of nitrogens with one attached hydrogen (secondary N) is 2. The van der Waals surface area contributed by atoms with E-state index in [4.69, 9.17) is 11.6 Å². The maximum atomic E-state index is 12.9. The second-order valence-electron chi connectivity index (χ2n) is 6.23. The predicted molar refractivity (Wildman–Crippen MR) is 99.7 cm³/mol. The highest BCUT2D eigenvalue weighted by Gasteiger charge is 2.37. The summed E-state index contributed by atoms with van der Waals surface area (Å²) in [4.78, 5) is 30.7. The van der Waals surface area contributed by atoms with Gasteiger partial charge in [0.2, 0.25) is 0 Å². The van der Waals surface area contributed by atoms with Crippen LogP contribution in [0.5, 0.6) is 0 Å². The van der Waals surface area contributed by atoms with Crippen molar-refractivity contribution >= 4 is 23.2 Å². The van der Waals surface area contributed by atoms with Crippen molar-refractivity contribution in [2.24, 2.45) is 0 Å². The Morgan fingerprint density at radius 2 is 1.48 bits per heavy atom. The number of rotatable bonds is 3. The lowest BCUT2D eigenvalue weighted by Crippen LogP contribution is -2.24. The van der Waals surface area contributed by atoms with E-state index in [9.17, 15) is 35.9 Å². The van der Waals surface area contributed by atoms with Crippen LogP contribution >= 0.6 is 11.6 Å². The molecule has 0 aliphatic heterocycles. The molecule has 0 saturated carbocycles. The van der Waals surface area contributed by atoms with Crippen LogP contribution in [0.15, 0.2) is 53.5 Å². The molecule has 1 aromatic heterocycles. The summed E-state index contributed by atoms with van der Waals surface area (Å²) in [5.41, 5.74) is -5.09. The first-order valence-corrected chi connectivity index (χ1v) is 8.68. The third-order valence-corrected chi connectivity index (χ3v) is 4.26. The standard InChI is InChI=1S/C19H10ClF6N3O2/c20-12-3-1-9(2-4-12)15-27-8-14(17(31)29-15)16(30)28-13-6-10(18(21,22)23)5-11(7-13)19(24,25)26/h1-8H,(H,28,30)(H,27,29,31). The number of benzene rings is 2. The van der Waals surface area contributed by atoms with Crippen molar-refractivity contribution in [1.82, 2.24) is 9.97 Å². The summed E-state index contributed by atoms with van der Waals surface area (Å²) in [6, 6.07) is 6.73. The zero-order valence-electron chi connectivity index (χ0n) is 15.0. The van der Waals surface area contributed by atoms with Gasteiger partial charge in [0.15, 0.2) is 0 Å². The first-order chi connectivity index (χ1) is 14.3. The predicted octanol–water partition coefficient (Wildman–Crippen LogP) is 5.38. The van der Waals surface area contributed by atoms with Gasteiger partial charge in [0, 0.05) is 22.5 Å². The Kier molecular flexibility index (Phi) is 5.81. The Morgan fingerprint density at radius 3 is 1.97 bits per heavy atom. The zero-order chi connectivity index (χ0) is 23.0. The molecule has 1 heterocycles. The average molecular weight is 462 g/mol. The Balaban J connectivity index is 1.92. The van der Waals surface area contributed by atoms with Crippen LogP contribution in [0, 0.1) is 0 Å². The molecular weight excluding hydrogens is 452 g/mol. The lowest BCUT2D eigenvalue weighted by Gasteiger charge is -2.14. The van der Waals surface area contributed by atoms with Crippen LogP contribution in [0.1, 0.15) is 21.5 Å². The van der Waals surface area contributed by atoms with Crippen molar-refractivity contribution in [3.63, 3.8) is 0 Å². The molecule has 162 valence electrons. The summed E-state index contributed by atoms with van der Waals surface area (Å²) >= 11 is 5.77. The van der Waals surface area contributed by atoms with Crippen molar-refractivity contribution in [1.29, 1.82) is 0 Å². The quantitative estimate of drug-likeness (QED) is 0.514. The summed E-state index contributed by atoms with van der Waals surface area (Å²) in [5, 5.41) is 2.31. The van der Waals surface area contributed by atoms with Crippen molar-refractivity contribution in [2.75, 3.05) is 5.32 Å². The highest BCUT2D eigenvalue weighted by Crippen LogP contribution is 2.37. The van der Waals surface area contributed by atoms with Gasteiger partial charge in [-0.1, -0.05) is 11.6 Å². The van der Waals surface area contributed by atoms with Gasteiger partial charge in [-0.3, -0.25) is 9.59 Å². The SMILES string of the molecule is O=C(Nc1cc(C(F)(F)F)cc(C(F)(F)F)c1)c1cnc(-c2ccc(Cl)cc2)[nH]c1=O. The highest BCUT2D eigenvalue weighted by molar-refractivity contribution is 6.30. The fourth-order valence-corrected chi connectivity index (χ4v) is 2.66. The summed E-state index contributed by atoms with van der Waals surface area (Å²) < 4.78 is 77.6. The van der Waals surface area contributed by atoms with Crippen LogP contribution < -0.4 is 10.9 Å². The van der Waals surface area contributed by atoms with E-state index in [1.165, 1.54) is 12.1 Å². The van der Waals surface area contributed by atoms with E-state index in [0.29, 0.717) is 22.7 Å². The zero-order valence-corrected chi connectivity index (χ0v) is 15.8. The minimum atomic E-state index is -5.08. The number of carbonyl (C=O) groups excluding carboxylic acids is 1. The maximum Gasteiger partial charge on any atom is 0.416 e. The number of halogens is 7. The van der Waals surface area contributed by atoms with Gasteiger partial charge >= 0.3 is 12.4 Å². The summed E-state index contributed by atoms with van der Waals surface area (Å²) in [7, 11) is 0. The second-order valence-corrected chi connectivity index (χ2v) is 6.67. The number of aromatic nitrogens is 2. The molecule has 0 aliphatic rings.